The van der Waals surface area contributed by atoms with Gasteiger partial charge in [-0.3, -0.25) is 0 Å². The smallest absolute Gasteiger partial charge is 0.244 e. The van der Waals surface area contributed by atoms with Crippen LogP contribution in [0.5, 0.6) is 0 Å². The Bertz CT molecular complexity index is 577. The predicted molar refractivity (Wildman–Crippen MR) is 75.4 cm³/mol. The molecule has 0 unspecified atom stereocenters. The molecule has 1 saturated heterocycles. The van der Waals surface area contributed by atoms with E-state index in [1.54, 1.807) is 0 Å². The lowest BCUT2D eigenvalue weighted by Crippen LogP contribution is -2.41. The highest BCUT2D eigenvalue weighted by Crippen LogP contribution is 2.32. The monoisotopic (exact) mass is 303 g/mol. The van der Waals surface area contributed by atoms with Gasteiger partial charge in [-0.2, -0.15) is 4.31 Å². The second-order valence-electron chi connectivity index (χ2n) is 5.61. The van der Waals surface area contributed by atoms with Crippen LogP contribution in [0.2, 0.25) is 5.02 Å². The van der Waals surface area contributed by atoms with Crippen molar-refractivity contribution in [2.24, 2.45) is 5.41 Å². The van der Waals surface area contributed by atoms with Gasteiger partial charge in [-0.1, -0.05) is 25.4 Å². The van der Waals surface area contributed by atoms with E-state index in [9.17, 15) is 8.42 Å². The van der Waals surface area contributed by atoms with E-state index in [1.807, 2.05) is 0 Å². The number of hydrogen-bond acceptors (Lipinski definition) is 4. The van der Waals surface area contributed by atoms with Crippen molar-refractivity contribution in [1.29, 1.82) is 0 Å². The van der Waals surface area contributed by atoms with Crippen molar-refractivity contribution in [3.05, 3.63) is 17.3 Å². The van der Waals surface area contributed by atoms with Gasteiger partial charge in [0, 0.05) is 19.3 Å². The maximum Gasteiger partial charge on any atom is 0.244 e. The quantitative estimate of drug-likeness (QED) is 0.908. The summed E-state index contributed by atoms with van der Waals surface area (Å²) in [6, 6.07) is 1.36. The number of sulfonamides is 1. The molecule has 1 aromatic heterocycles. The molecule has 7 heteroatoms. The van der Waals surface area contributed by atoms with Gasteiger partial charge in [0.2, 0.25) is 10.0 Å². The standard InChI is InChI=1S/C12H18ClN3O2S/c1-12(2)3-5-16(6-4-12)19(17,18)9-7-10(13)11(14)15-8-9/h7-8H,3-6H2,1-2H3,(H2,14,15). The molecule has 0 aromatic carbocycles. The van der Waals surface area contributed by atoms with E-state index in [1.165, 1.54) is 16.6 Å². The molecule has 1 aromatic rings. The molecule has 0 aliphatic carbocycles. The summed E-state index contributed by atoms with van der Waals surface area (Å²) in [6.07, 6.45) is 2.96. The van der Waals surface area contributed by atoms with Gasteiger partial charge in [-0.25, -0.2) is 13.4 Å². The van der Waals surface area contributed by atoms with Gasteiger partial charge >= 0.3 is 0 Å². The molecule has 106 valence electrons. The number of nitrogen functional groups attached to an aromatic ring is 1. The summed E-state index contributed by atoms with van der Waals surface area (Å²) >= 11 is 5.83. The number of nitrogens with two attached hydrogens (primary N) is 1. The number of pyridine rings is 1. The van der Waals surface area contributed by atoms with E-state index in [-0.39, 0.29) is 21.2 Å². The predicted octanol–water partition coefficient (Wildman–Crippen LogP) is 2.13. The Morgan fingerprint density at radius 1 is 1.37 bits per heavy atom. The summed E-state index contributed by atoms with van der Waals surface area (Å²) in [5.74, 6) is 0.139. The van der Waals surface area contributed by atoms with Crippen molar-refractivity contribution in [3.8, 4) is 0 Å². The molecular weight excluding hydrogens is 286 g/mol. The van der Waals surface area contributed by atoms with E-state index >= 15 is 0 Å². The molecule has 1 aliphatic heterocycles. The fraction of sp³-hybridized carbons (Fsp3) is 0.583. The van der Waals surface area contributed by atoms with Crippen LogP contribution in [0.3, 0.4) is 0 Å². The van der Waals surface area contributed by atoms with E-state index < -0.39 is 10.0 Å². The molecule has 0 bridgehead atoms. The summed E-state index contributed by atoms with van der Waals surface area (Å²) in [6.45, 7) is 5.35. The average molecular weight is 304 g/mol. The Kier molecular flexibility index (Phi) is 3.77. The largest absolute Gasteiger partial charge is 0.382 e. The molecule has 0 spiro atoms. The van der Waals surface area contributed by atoms with Crippen LogP contribution < -0.4 is 5.73 Å². The molecule has 0 saturated carbocycles. The number of aromatic nitrogens is 1. The SMILES string of the molecule is CC1(C)CCN(S(=O)(=O)c2cnc(N)c(Cl)c2)CC1. The molecule has 0 amide bonds. The molecule has 1 fully saturated rings. The van der Waals surface area contributed by atoms with Crippen LogP contribution in [0.4, 0.5) is 5.82 Å². The first-order valence-electron chi connectivity index (χ1n) is 6.14. The zero-order valence-corrected chi connectivity index (χ0v) is 12.6. The van der Waals surface area contributed by atoms with E-state index in [2.05, 4.69) is 18.8 Å². The van der Waals surface area contributed by atoms with Gasteiger partial charge in [0.1, 0.15) is 10.7 Å². The summed E-state index contributed by atoms with van der Waals surface area (Å²) in [7, 11) is -3.52. The lowest BCUT2D eigenvalue weighted by molar-refractivity contribution is 0.196. The highest BCUT2D eigenvalue weighted by atomic mass is 35.5. The topological polar surface area (TPSA) is 76.3 Å². The number of anilines is 1. The second-order valence-corrected chi connectivity index (χ2v) is 7.95. The van der Waals surface area contributed by atoms with Crippen molar-refractivity contribution in [1.82, 2.24) is 9.29 Å². The molecule has 5 nitrogen and oxygen atoms in total. The number of hydrogen-bond donors (Lipinski definition) is 1. The third-order valence-electron chi connectivity index (χ3n) is 3.56. The lowest BCUT2D eigenvalue weighted by Gasteiger charge is -2.36. The molecule has 0 radical (unpaired) electrons. The Balaban J connectivity index is 2.25. The number of nitrogens with zero attached hydrogens (tertiary/aromatic N) is 2. The van der Waals surface area contributed by atoms with Crippen LogP contribution in [-0.4, -0.2) is 30.8 Å². The lowest BCUT2D eigenvalue weighted by atomic mass is 9.83. The highest BCUT2D eigenvalue weighted by Gasteiger charge is 2.33. The Morgan fingerprint density at radius 2 is 1.95 bits per heavy atom. The first-order valence-corrected chi connectivity index (χ1v) is 7.95. The Labute approximate surface area is 118 Å². The van der Waals surface area contributed by atoms with Crippen LogP contribution >= 0.6 is 11.6 Å². The van der Waals surface area contributed by atoms with Crippen LogP contribution in [0.25, 0.3) is 0 Å². The number of piperidine rings is 1. The van der Waals surface area contributed by atoms with E-state index in [0.717, 1.165) is 12.8 Å². The Hall–Kier alpha value is -0.850. The van der Waals surface area contributed by atoms with Crippen LogP contribution in [0.1, 0.15) is 26.7 Å². The van der Waals surface area contributed by atoms with E-state index in [0.29, 0.717) is 13.1 Å². The molecule has 1 aliphatic rings. The van der Waals surface area contributed by atoms with Crippen molar-refractivity contribution in [2.45, 2.75) is 31.6 Å². The molecule has 2 heterocycles. The average Bonchev–Trinajstić information content (AvgIpc) is 2.32. The molecule has 0 atom stereocenters. The first-order chi connectivity index (χ1) is 8.72. The van der Waals surface area contributed by atoms with Gasteiger partial charge in [-0.05, 0) is 24.3 Å². The normalized spacial score (nSPS) is 20.4. The van der Waals surface area contributed by atoms with Crippen molar-refractivity contribution in [3.63, 3.8) is 0 Å². The minimum Gasteiger partial charge on any atom is -0.382 e. The van der Waals surface area contributed by atoms with Gasteiger partial charge < -0.3 is 5.73 Å². The van der Waals surface area contributed by atoms with Crippen LogP contribution in [-0.2, 0) is 10.0 Å². The van der Waals surface area contributed by atoms with Crippen molar-refractivity contribution >= 4 is 27.4 Å². The zero-order valence-electron chi connectivity index (χ0n) is 11.1. The summed E-state index contributed by atoms with van der Waals surface area (Å²) < 4.78 is 26.4. The first kappa shape index (κ1) is 14.6. The molecule has 2 rings (SSSR count). The third-order valence-corrected chi connectivity index (χ3v) is 5.72. The maximum atomic E-state index is 12.4. The summed E-state index contributed by atoms with van der Waals surface area (Å²) in [5.41, 5.74) is 5.69. The number of rotatable bonds is 2. The van der Waals surface area contributed by atoms with Gasteiger partial charge in [0.15, 0.2) is 0 Å². The maximum absolute atomic E-state index is 12.4. The minimum atomic E-state index is -3.52. The van der Waals surface area contributed by atoms with Gasteiger partial charge in [0.25, 0.3) is 0 Å². The summed E-state index contributed by atoms with van der Waals surface area (Å²) in [4.78, 5) is 3.91. The highest BCUT2D eigenvalue weighted by molar-refractivity contribution is 7.89. The fourth-order valence-corrected chi connectivity index (χ4v) is 3.70. The summed E-state index contributed by atoms with van der Waals surface area (Å²) in [5, 5.41) is 0.165. The zero-order chi connectivity index (χ0) is 14.3. The van der Waals surface area contributed by atoms with Crippen molar-refractivity contribution in [2.75, 3.05) is 18.8 Å². The minimum absolute atomic E-state index is 0.103. The molecule has 19 heavy (non-hydrogen) atoms. The second kappa shape index (κ2) is 4.92. The van der Waals surface area contributed by atoms with Crippen LogP contribution in [0.15, 0.2) is 17.2 Å². The molecule has 2 N–H and O–H groups in total. The van der Waals surface area contributed by atoms with Gasteiger partial charge in [-0.15, -0.1) is 0 Å². The molecular formula is C12H18ClN3O2S. The fourth-order valence-electron chi connectivity index (χ4n) is 2.05. The van der Waals surface area contributed by atoms with Gasteiger partial charge in [0.05, 0.1) is 5.02 Å². The van der Waals surface area contributed by atoms with Crippen LogP contribution in [0, 0.1) is 5.41 Å². The van der Waals surface area contributed by atoms with E-state index in [4.69, 9.17) is 17.3 Å². The Morgan fingerprint density at radius 3 is 2.47 bits per heavy atom. The number of halogens is 1. The van der Waals surface area contributed by atoms with Crippen molar-refractivity contribution < 1.29 is 8.42 Å². The third kappa shape index (κ3) is 3.01.